The Morgan fingerprint density at radius 2 is 1.97 bits per heavy atom. The molecule has 35 heavy (non-hydrogen) atoms. The molecule has 0 saturated carbocycles. The molecule has 4 aromatic rings. The van der Waals surface area contributed by atoms with E-state index in [4.69, 9.17) is 16.6 Å². The van der Waals surface area contributed by atoms with Crippen molar-refractivity contribution in [2.75, 3.05) is 0 Å². The molecule has 1 aliphatic rings. The Hall–Kier alpha value is -3.13. The van der Waals surface area contributed by atoms with Crippen LogP contribution in [-0.4, -0.2) is 25.8 Å². The minimum absolute atomic E-state index is 0.172. The number of amides is 1. The first-order valence-corrected chi connectivity index (χ1v) is 13.0. The minimum Gasteiger partial charge on any atom is -0.348 e. The van der Waals surface area contributed by atoms with E-state index in [2.05, 4.69) is 43.8 Å². The second-order valence-corrected chi connectivity index (χ2v) is 9.82. The topological polar surface area (TPSA) is 71.0 Å². The van der Waals surface area contributed by atoms with Crippen LogP contribution >= 0.6 is 22.9 Å². The van der Waals surface area contributed by atoms with Crippen LogP contribution in [0.3, 0.4) is 0 Å². The molecule has 1 atom stereocenters. The Bertz CT molecular complexity index is 1300. The highest BCUT2D eigenvalue weighted by Crippen LogP contribution is 2.34. The zero-order valence-corrected chi connectivity index (χ0v) is 20.8. The summed E-state index contributed by atoms with van der Waals surface area (Å²) in [6.45, 7) is 1.99. The first-order chi connectivity index (χ1) is 17.2. The zero-order valence-electron chi connectivity index (χ0n) is 19.2. The molecule has 178 valence electrons. The van der Waals surface area contributed by atoms with Gasteiger partial charge >= 0.3 is 0 Å². The van der Waals surface area contributed by atoms with Gasteiger partial charge in [-0.3, -0.25) is 14.7 Å². The summed E-state index contributed by atoms with van der Waals surface area (Å²) in [7, 11) is 0. The lowest BCUT2D eigenvalue weighted by molar-refractivity contribution is 0.0950. The molecule has 6 nitrogen and oxygen atoms in total. The highest BCUT2D eigenvalue weighted by Gasteiger charge is 2.27. The smallest absolute Gasteiger partial charge is 0.251 e. The predicted molar refractivity (Wildman–Crippen MR) is 138 cm³/mol. The van der Waals surface area contributed by atoms with Gasteiger partial charge in [-0.25, -0.2) is 9.97 Å². The number of pyridine rings is 2. The van der Waals surface area contributed by atoms with Crippen LogP contribution in [0.5, 0.6) is 0 Å². The average molecular weight is 504 g/mol. The highest BCUT2D eigenvalue weighted by molar-refractivity contribution is 7.07. The number of hydrogen-bond donors (Lipinski definition) is 1. The summed E-state index contributed by atoms with van der Waals surface area (Å²) in [6, 6.07) is 16.1. The van der Waals surface area contributed by atoms with Gasteiger partial charge < -0.3 is 5.32 Å². The molecule has 0 fully saturated rings. The van der Waals surface area contributed by atoms with Crippen molar-refractivity contribution in [3.63, 3.8) is 0 Å². The molecular weight excluding hydrogens is 478 g/mol. The Morgan fingerprint density at radius 1 is 1.06 bits per heavy atom. The highest BCUT2D eigenvalue weighted by atomic mass is 35.5. The first kappa shape index (κ1) is 23.6. The lowest BCUT2D eigenvalue weighted by atomic mass is 9.90. The van der Waals surface area contributed by atoms with Gasteiger partial charge in [0.25, 0.3) is 5.91 Å². The van der Waals surface area contributed by atoms with Gasteiger partial charge in [0, 0.05) is 43.0 Å². The molecule has 3 aromatic heterocycles. The summed E-state index contributed by atoms with van der Waals surface area (Å²) in [6.07, 6.45) is 6.76. The van der Waals surface area contributed by atoms with Crippen molar-refractivity contribution in [1.82, 2.24) is 25.2 Å². The quantitative estimate of drug-likeness (QED) is 0.317. The second kappa shape index (κ2) is 11.1. The number of benzene rings is 1. The molecule has 5 rings (SSSR count). The van der Waals surface area contributed by atoms with Gasteiger partial charge in [0.15, 0.2) is 0 Å². The third kappa shape index (κ3) is 5.93. The van der Waals surface area contributed by atoms with Crippen molar-refractivity contribution in [1.29, 1.82) is 0 Å². The van der Waals surface area contributed by atoms with Crippen molar-refractivity contribution in [2.24, 2.45) is 0 Å². The number of thiazole rings is 1. The van der Waals surface area contributed by atoms with E-state index in [1.54, 1.807) is 23.5 Å². The molecular formula is C27H26ClN5OS. The molecule has 0 bridgehead atoms. The Balaban J connectivity index is 1.32. The summed E-state index contributed by atoms with van der Waals surface area (Å²) in [5.41, 5.74) is 8.25. The van der Waals surface area contributed by atoms with Gasteiger partial charge in [-0.05, 0) is 54.2 Å². The van der Waals surface area contributed by atoms with Crippen molar-refractivity contribution in [3.05, 3.63) is 111 Å². The van der Waals surface area contributed by atoms with Crippen LogP contribution in [0, 0.1) is 0 Å². The number of halogens is 1. The molecule has 3 heterocycles. The Kier molecular flexibility index (Phi) is 7.47. The van der Waals surface area contributed by atoms with E-state index in [1.807, 2.05) is 29.9 Å². The maximum absolute atomic E-state index is 12.5. The fraction of sp³-hybridized carbons (Fsp3) is 0.259. The molecule has 0 aliphatic heterocycles. The zero-order chi connectivity index (χ0) is 24.0. The lowest BCUT2D eigenvalue weighted by Crippen LogP contribution is -2.31. The normalized spacial score (nSPS) is 15.1. The summed E-state index contributed by atoms with van der Waals surface area (Å²) < 4.78 is 0. The average Bonchev–Trinajstić information content (AvgIpc) is 3.40. The number of carbonyl (C=O) groups excluding carboxylic acids is 1. The number of fused-ring (bicyclic) bond motifs is 1. The van der Waals surface area contributed by atoms with Gasteiger partial charge in [0.05, 0.1) is 22.9 Å². The van der Waals surface area contributed by atoms with E-state index in [-0.39, 0.29) is 11.9 Å². The van der Waals surface area contributed by atoms with Crippen LogP contribution in [0.15, 0.2) is 71.8 Å². The van der Waals surface area contributed by atoms with Gasteiger partial charge in [-0.15, -0.1) is 11.3 Å². The number of carbonyl (C=O) groups is 1. The van der Waals surface area contributed by atoms with Crippen LogP contribution in [-0.2, 0) is 26.1 Å². The van der Waals surface area contributed by atoms with E-state index >= 15 is 0 Å². The summed E-state index contributed by atoms with van der Waals surface area (Å²) in [5, 5.41) is 5.40. The monoisotopic (exact) mass is 503 g/mol. The molecule has 8 heteroatoms. The number of nitrogens with zero attached hydrogens (tertiary/aromatic N) is 4. The molecule has 0 saturated heterocycles. The molecule has 1 aliphatic carbocycles. The number of aryl methyl sites for hydroxylation is 1. The fourth-order valence-corrected chi connectivity index (χ4v) is 5.36. The maximum atomic E-state index is 12.5. The van der Waals surface area contributed by atoms with Crippen LogP contribution in [0.25, 0.3) is 0 Å². The standard InChI is InChI=1S/C27H26ClN5OS/c28-25-13-22(9-11-29-25)27(34)31-14-19-4-1-5-20(12-19)15-33(16-23-17-35-18-32-23)24-8-2-6-21-7-3-10-30-26(21)24/h1,3-5,7,9-13,17-18,24H,2,6,8,14-16H2,(H,31,34). The molecule has 0 radical (unpaired) electrons. The third-order valence-corrected chi connectivity index (χ3v) is 7.12. The van der Waals surface area contributed by atoms with Gasteiger partial charge in [-0.2, -0.15) is 0 Å². The molecule has 1 unspecified atom stereocenters. The maximum Gasteiger partial charge on any atom is 0.251 e. The van der Waals surface area contributed by atoms with Crippen LogP contribution in [0.4, 0.5) is 0 Å². The summed E-state index contributed by atoms with van der Waals surface area (Å²) >= 11 is 7.54. The van der Waals surface area contributed by atoms with Crippen molar-refractivity contribution in [2.45, 2.75) is 44.9 Å². The number of nitrogens with one attached hydrogen (secondary N) is 1. The first-order valence-electron chi connectivity index (χ1n) is 11.7. The molecule has 1 N–H and O–H groups in total. The molecule has 0 spiro atoms. The van der Waals surface area contributed by atoms with Crippen molar-refractivity contribution in [3.8, 4) is 0 Å². The molecule has 1 aromatic carbocycles. The van der Waals surface area contributed by atoms with Gasteiger partial charge in [0.1, 0.15) is 5.15 Å². The number of rotatable bonds is 8. The Morgan fingerprint density at radius 3 is 2.83 bits per heavy atom. The fourth-order valence-electron chi connectivity index (χ4n) is 4.64. The second-order valence-electron chi connectivity index (χ2n) is 8.71. The summed E-state index contributed by atoms with van der Waals surface area (Å²) in [5.74, 6) is -0.172. The van der Waals surface area contributed by atoms with Crippen LogP contribution in [0.1, 0.15) is 57.3 Å². The van der Waals surface area contributed by atoms with E-state index in [0.29, 0.717) is 17.3 Å². The van der Waals surface area contributed by atoms with E-state index < -0.39 is 0 Å². The minimum atomic E-state index is -0.172. The van der Waals surface area contributed by atoms with Gasteiger partial charge in [0.2, 0.25) is 0 Å². The predicted octanol–water partition coefficient (Wildman–Crippen LogP) is 5.60. The SMILES string of the molecule is O=C(NCc1cccc(CN(Cc2cscn2)C2CCCc3cccnc32)c1)c1ccnc(Cl)c1. The number of hydrogen-bond acceptors (Lipinski definition) is 6. The van der Waals surface area contributed by atoms with Gasteiger partial charge in [-0.1, -0.05) is 41.9 Å². The molecule has 1 amide bonds. The van der Waals surface area contributed by atoms with E-state index in [9.17, 15) is 4.79 Å². The van der Waals surface area contributed by atoms with E-state index in [1.165, 1.54) is 23.0 Å². The van der Waals surface area contributed by atoms with Crippen LogP contribution in [0.2, 0.25) is 5.15 Å². The summed E-state index contributed by atoms with van der Waals surface area (Å²) in [4.78, 5) is 28.2. The lowest BCUT2D eigenvalue weighted by Gasteiger charge is -2.34. The van der Waals surface area contributed by atoms with Crippen LogP contribution < -0.4 is 5.32 Å². The Labute approximate surface area is 214 Å². The third-order valence-electron chi connectivity index (χ3n) is 6.27. The van der Waals surface area contributed by atoms with Crippen molar-refractivity contribution >= 4 is 28.8 Å². The number of aromatic nitrogens is 3. The van der Waals surface area contributed by atoms with Crippen molar-refractivity contribution < 1.29 is 4.79 Å². The van der Waals surface area contributed by atoms with E-state index in [0.717, 1.165) is 43.6 Å². The largest absolute Gasteiger partial charge is 0.348 e.